The molecule has 1 aliphatic heterocycles. The highest BCUT2D eigenvalue weighted by Crippen LogP contribution is 2.20. The molecule has 21 heavy (non-hydrogen) atoms. The molecule has 0 aromatic carbocycles. The fourth-order valence-electron chi connectivity index (χ4n) is 2.57. The maximum Gasteiger partial charge on any atom is 0.151 e. The largest absolute Gasteiger partial charge is 0.360 e. The van der Waals surface area contributed by atoms with E-state index in [1.54, 1.807) is 0 Å². The van der Waals surface area contributed by atoms with Crippen LogP contribution in [0, 0.1) is 0 Å². The van der Waals surface area contributed by atoms with E-state index in [1.165, 1.54) is 0 Å². The van der Waals surface area contributed by atoms with E-state index in [0.29, 0.717) is 0 Å². The van der Waals surface area contributed by atoms with E-state index in [0.717, 1.165) is 44.2 Å². The van der Waals surface area contributed by atoms with E-state index < -0.39 is 0 Å². The van der Waals surface area contributed by atoms with Gasteiger partial charge in [-0.2, -0.15) is 0 Å². The van der Waals surface area contributed by atoms with Crippen molar-refractivity contribution in [1.29, 1.82) is 0 Å². The van der Waals surface area contributed by atoms with E-state index in [9.17, 15) is 0 Å². The smallest absolute Gasteiger partial charge is 0.151 e. The van der Waals surface area contributed by atoms with Gasteiger partial charge in [-0.3, -0.25) is 9.80 Å². The Bertz CT molecular complexity index is 461. The SMILES string of the molecule is CN1CCN(Cc2cc(CNC(C)(C)C)no2)CC1(C)C. The van der Waals surface area contributed by atoms with Gasteiger partial charge in [0, 0.05) is 43.3 Å². The topological polar surface area (TPSA) is 44.5 Å². The van der Waals surface area contributed by atoms with E-state index >= 15 is 0 Å². The lowest BCUT2D eigenvalue weighted by Crippen LogP contribution is -2.57. The van der Waals surface area contributed by atoms with Crippen LogP contribution >= 0.6 is 0 Å². The number of hydrogen-bond acceptors (Lipinski definition) is 5. The number of piperazine rings is 1. The molecule has 1 saturated heterocycles. The first kappa shape index (κ1) is 16.5. The Morgan fingerprint density at radius 2 is 2.05 bits per heavy atom. The molecule has 1 N–H and O–H groups in total. The average molecular weight is 294 g/mol. The Hall–Kier alpha value is -0.910. The molecule has 120 valence electrons. The summed E-state index contributed by atoms with van der Waals surface area (Å²) in [4.78, 5) is 4.87. The van der Waals surface area contributed by atoms with Crippen molar-refractivity contribution in [2.24, 2.45) is 0 Å². The summed E-state index contributed by atoms with van der Waals surface area (Å²) in [5.41, 5.74) is 1.29. The van der Waals surface area contributed by atoms with Crippen molar-refractivity contribution in [3.8, 4) is 0 Å². The van der Waals surface area contributed by atoms with Gasteiger partial charge in [0.15, 0.2) is 5.76 Å². The molecule has 0 aliphatic carbocycles. The quantitative estimate of drug-likeness (QED) is 0.921. The standard InChI is InChI=1S/C16H30N4O/c1-15(2,3)17-10-13-9-14(21-18-13)11-20-8-7-19(6)16(4,5)12-20/h9,17H,7-8,10-12H2,1-6H3. The number of rotatable bonds is 4. The fraction of sp³-hybridized carbons (Fsp3) is 0.812. The Morgan fingerprint density at radius 3 is 2.67 bits per heavy atom. The van der Waals surface area contributed by atoms with Crippen molar-refractivity contribution in [1.82, 2.24) is 20.3 Å². The summed E-state index contributed by atoms with van der Waals surface area (Å²) in [7, 11) is 2.20. The van der Waals surface area contributed by atoms with Crippen LogP contribution in [0.1, 0.15) is 46.1 Å². The fourth-order valence-corrected chi connectivity index (χ4v) is 2.57. The number of likely N-dealkylation sites (N-methyl/N-ethyl adjacent to an activating group) is 1. The number of hydrogen-bond donors (Lipinski definition) is 1. The minimum atomic E-state index is 0.0978. The Kier molecular flexibility index (Phi) is 4.76. The van der Waals surface area contributed by atoms with Crippen molar-refractivity contribution in [2.45, 2.75) is 58.8 Å². The third-order valence-electron chi connectivity index (χ3n) is 4.18. The van der Waals surface area contributed by atoms with Gasteiger partial charge in [-0.25, -0.2) is 0 Å². The Morgan fingerprint density at radius 1 is 1.33 bits per heavy atom. The molecule has 0 saturated carbocycles. The van der Waals surface area contributed by atoms with Gasteiger partial charge >= 0.3 is 0 Å². The van der Waals surface area contributed by atoms with E-state index in [1.807, 2.05) is 0 Å². The van der Waals surface area contributed by atoms with Gasteiger partial charge in [0.2, 0.25) is 0 Å². The highest BCUT2D eigenvalue weighted by atomic mass is 16.5. The van der Waals surface area contributed by atoms with Gasteiger partial charge in [0.05, 0.1) is 12.2 Å². The minimum Gasteiger partial charge on any atom is -0.360 e. The monoisotopic (exact) mass is 294 g/mol. The van der Waals surface area contributed by atoms with Crippen molar-refractivity contribution < 1.29 is 4.52 Å². The molecule has 1 aromatic rings. The van der Waals surface area contributed by atoms with Crippen LogP contribution in [0.5, 0.6) is 0 Å². The Balaban J connectivity index is 1.88. The van der Waals surface area contributed by atoms with Gasteiger partial charge in [-0.1, -0.05) is 5.16 Å². The molecule has 0 radical (unpaired) electrons. The summed E-state index contributed by atoms with van der Waals surface area (Å²) in [5.74, 6) is 0.959. The molecule has 5 nitrogen and oxygen atoms in total. The lowest BCUT2D eigenvalue weighted by Gasteiger charge is -2.45. The van der Waals surface area contributed by atoms with Crippen LogP contribution in [0.15, 0.2) is 10.6 Å². The van der Waals surface area contributed by atoms with Crippen LogP contribution in [0.25, 0.3) is 0 Å². The first-order chi connectivity index (χ1) is 9.66. The highest BCUT2D eigenvalue weighted by Gasteiger charge is 2.31. The zero-order valence-corrected chi connectivity index (χ0v) is 14.4. The molecule has 5 heteroatoms. The van der Waals surface area contributed by atoms with Crippen LogP contribution in [-0.2, 0) is 13.1 Å². The van der Waals surface area contributed by atoms with Gasteiger partial charge in [-0.15, -0.1) is 0 Å². The second kappa shape index (κ2) is 6.07. The predicted molar refractivity (Wildman–Crippen MR) is 85.1 cm³/mol. The zero-order valence-electron chi connectivity index (χ0n) is 14.4. The first-order valence-electron chi connectivity index (χ1n) is 7.79. The first-order valence-corrected chi connectivity index (χ1v) is 7.79. The summed E-state index contributed by atoms with van der Waals surface area (Å²) in [6.07, 6.45) is 0. The third-order valence-corrected chi connectivity index (χ3v) is 4.18. The molecule has 0 bridgehead atoms. The summed E-state index contributed by atoms with van der Waals surface area (Å²) in [6.45, 7) is 15.9. The predicted octanol–water partition coefficient (Wildman–Crippen LogP) is 2.09. The summed E-state index contributed by atoms with van der Waals surface area (Å²) in [5, 5.41) is 7.59. The molecule has 2 heterocycles. The summed E-state index contributed by atoms with van der Waals surface area (Å²) < 4.78 is 5.48. The van der Waals surface area contributed by atoms with Gasteiger partial charge in [-0.05, 0) is 41.7 Å². The third kappa shape index (κ3) is 4.80. The van der Waals surface area contributed by atoms with Crippen molar-refractivity contribution in [2.75, 3.05) is 26.7 Å². The van der Waals surface area contributed by atoms with Gasteiger partial charge in [0.25, 0.3) is 0 Å². The van der Waals surface area contributed by atoms with Crippen LogP contribution in [0.3, 0.4) is 0 Å². The highest BCUT2D eigenvalue weighted by molar-refractivity contribution is 5.06. The normalized spacial score (nSPS) is 20.9. The summed E-state index contributed by atoms with van der Waals surface area (Å²) >= 11 is 0. The number of aromatic nitrogens is 1. The number of nitrogens with one attached hydrogen (secondary N) is 1. The van der Waals surface area contributed by atoms with Crippen LogP contribution in [0.4, 0.5) is 0 Å². The maximum absolute atomic E-state index is 5.48. The average Bonchev–Trinajstić information content (AvgIpc) is 2.78. The van der Waals surface area contributed by atoms with Crippen molar-refractivity contribution in [3.05, 3.63) is 17.5 Å². The minimum absolute atomic E-state index is 0.0978. The molecule has 1 fully saturated rings. The maximum atomic E-state index is 5.48. The van der Waals surface area contributed by atoms with Crippen molar-refractivity contribution >= 4 is 0 Å². The molecular weight excluding hydrogens is 264 g/mol. The van der Waals surface area contributed by atoms with Gasteiger partial charge < -0.3 is 9.84 Å². The molecule has 1 aliphatic rings. The second-order valence-corrected chi connectivity index (χ2v) is 7.83. The van der Waals surface area contributed by atoms with E-state index in [-0.39, 0.29) is 11.1 Å². The lowest BCUT2D eigenvalue weighted by atomic mass is 10.00. The van der Waals surface area contributed by atoms with E-state index in [2.05, 4.69) is 68.0 Å². The van der Waals surface area contributed by atoms with Crippen LogP contribution in [-0.4, -0.2) is 52.7 Å². The molecule has 2 rings (SSSR count). The summed E-state index contributed by atoms with van der Waals surface area (Å²) in [6, 6.07) is 2.07. The molecule has 0 amide bonds. The molecular formula is C16H30N4O. The van der Waals surface area contributed by atoms with Crippen LogP contribution in [0.2, 0.25) is 0 Å². The Labute approximate surface area is 128 Å². The van der Waals surface area contributed by atoms with Crippen molar-refractivity contribution in [3.63, 3.8) is 0 Å². The zero-order chi connectivity index (χ0) is 15.7. The molecule has 0 atom stereocenters. The molecule has 0 spiro atoms. The van der Waals surface area contributed by atoms with Crippen LogP contribution < -0.4 is 5.32 Å². The lowest BCUT2D eigenvalue weighted by molar-refractivity contribution is 0.0319. The second-order valence-electron chi connectivity index (χ2n) is 7.83. The molecule has 1 aromatic heterocycles. The van der Waals surface area contributed by atoms with Gasteiger partial charge in [0.1, 0.15) is 0 Å². The molecule has 0 unspecified atom stereocenters. The van der Waals surface area contributed by atoms with E-state index in [4.69, 9.17) is 4.52 Å². The number of nitrogens with zero attached hydrogens (tertiary/aromatic N) is 3.